The van der Waals surface area contributed by atoms with E-state index in [0.29, 0.717) is 6.54 Å². The molecule has 0 fully saturated rings. The molecule has 0 bridgehead atoms. The van der Waals surface area contributed by atoms with Gasteiger partial charge in [-0.05, 0) is 21.0 Å². The second-order valence-corrected chi connectivity index (χ2v) is 3.98. The van der Waals surface area contributed by atoms with Crippen molar-refractivity contribution in [1.82, 2.24) is 10.2 Å². The molecule has 2 N–H and O–H groups in total. The number of ether oxygens (including phenoxy) is 1. The van der Waals surface area contributed by atoms with E-state index in [1.54, 1.807) is 6.92 Å². The monoisotopic (exact) mass is 216 g/mol. The van der Waals surface area contributed by atoms with Gasteiger partial charge in [0, 0.05) is 6.54 Å². The lowest BCUT2D eigenvalue weighted by Gasteiger charge is -2.26. The number of aliphatic hydroxyl groups is 1. The summed E-state index contributed by atoms with van der Waals surface area (Å²) in [6.45, 7) is 5.86. The number of rotatable bonds is 6. The van der Waals surface area contributed by atoms with Crippen LogP contribution in [-0.2, 0) is 4.74 Å². The zero-order valence-corrected chi connectivity index (χ0v) is 9.62. The molecule has 0 radical (unpaired) electrons. The summed E-state index contributed by atoms with van der Waals surface area (Å²) in [6.07, 6.45) is 0.936. The first-order chi connectivity index (χ1) is 6.87. The van der Waals surface area contributed by atoms with Gasteiger partial charge in [0.2, 0.25) is 0 Å². The largest absolute Gasteiger partial charge is 0.445 e. The first kappa shape index (κ1) is 13.9. The van der Waals surface area contributed by atoms with Crippen LogP contribution in [0.25, 0.3) is 0 Å². The molecule has 1 unspecified atom stereocenters. The zero-order valence-electron chi connectivity index (χ0n) is 9.62. The van der Waals surface area contributed by atoms with E-state index in [0.717, 1.165) is 0 Å². The molecule has 0 saturated carbocycles. The van der Waals surface area contributed by atoms with Crippen molar-refractivity contribution in [3.63, 3.8) is 0 Å². The summed E-state index contributed by atoms with van der Waals surface area (Å²) in [7, 11) is 3.70. The molecule has 0 heterocycles. The van der Waals surface area contributed by atoms with Gasteiger partial charge >= 0.3 is 6.09 Å². The smallest absolute Gasteiger partial charge is 0.407 e. The minimum atomic E-state index is -0.962. The molecule has 5 nitrogen and oxygen atoms in total. The van der Waals surface area contributed by atoms with E-state index in [-0.39, 0.29) is 13.2 Å². The molecule has 5 heteroatoms. The third-order valence-corrected chi connectivity index (χ3v) is 1.60. The Balaban J connectivity index is 3.81. The van der Waals surface area contributed by atoms with E-state index >= 15 is 0 Å². The van der Waals surface area contributed by atoms with Gasteiger partial charge in [-0.15, -0.1) is 0 Å². The highest BCUT2D eigenvalue weighted by atomic mass is 16.5. The van der Waals surface area contributed by atoms with Crippen LogP contribution in [0.4, 0.5) is 4.79 Å². The Bertz CT molecular complexity index is 215. The lowest BCUT2D eigenvalue weighted by Crippen LogP contribution is -2.47. The lowest BCUT2D eigenvalue weighted by atomic mass is 10.1. The van der Waals surface area contributed by atoms with Gasteiger partial charge in [0.1, 0.15) is 6.61 Å². The summed E-state index contributed by atoms with van der Waals surface area (Å²) in [5.41, 5.74) is -0.962. The number of hydrogen-bond acceptors (Lipinski definition) is 4. The van der Waals surface area contributed by atoms with Crippen LogP contribution in [0.5, 0.6) is 0 Å². The molecule has 0 aromatic rings. The Morgan fingerprint density at radius 1 is 1.67 bits per heavy atom. The molecule has 15 heavy (non-hydrogen) atoms. The van der Waals surface area contributed by atoms with Gasteiger partial charge in [0.25, 0.3) is 0 Å². The number of alkyl carbamates (subject to hydrolysis) is 1. The first-order valence-corrected chi connectivity index (χ1v) is 4.76. The lowest BCUT2D eigenvalue weighted by molar-refractivity contribution is 0.0327. The first-order valence-electron chi connectivity index (χ1n) is 4.76. The highest BCUT2D eigenvalue weighted by Crippen LogP contribution is 2.02. The molecular formula is C10H20N2O3. The molecule has 0 spiro atoms. The van der Waals surface area contributed by atoms with Crippen molar-refractivity contribution in [3.05, 3.63) is 12.7 Å². The fraction of sp³-hybridized carbons (Fsp3) is 0.700. The number of nitrogens with one attached hydrogen (secondary N) is 1. The Kier molecular flexibility index (Phi) is 5.96. The van der Waals surface area contributed by atoms with Gasteiger partial charge in [-0.2, -0.15) is 0 Å². The van der Waals surface area contributed by atoms with E-state index in [2.05, 4.69) is 11.9 Å². The molecule has 0 aromatic heterocycles. The maximum Gasteiger partial charge on any atom is 0.407 e. The summed E-state index contributed by atoms with van der Waals surface area (Å²) in [5, 5.41) is 12.3. The Morgan fingerprint density at radius 3 is 2.73 bits per heavy atom. The summed E-state index contributed by atoms with van der Waals surface area (Å²) in [4.78, 5) is 12.9. The highest BCUT2D eigenvalue weighted by Gasteiger charge is 2.22. The number of nitrogens with zero attached hydrogens (tertiary/aromatic N) is 1. The fourth-order valence-corrected chi connectivity index (χ4v) is 1.19. The molecule has 0 aliphatic heterocycles. The van der Waals surface area contributed by atoms with Crippen LogP contribution in [0.15, 0.2) is 12.7 Å². The Labute approximate surface area is 90.7 Å². The molecule has 88 valence electrons. The Hall–Kier alpha value is -1.07. The van der Waals surface area contributed by atoms with E-state index in [9.17, 15) is 9.90 Å². The van der Waals surface area contributed by atoms with Gasteiger partial charge in [-0.3, -0.25) is 0 Å². The standard InChI is InChI=1S/C10H20N2O3/c1-5-6-15-9(13)11-7-10(2,14)8-12(3)4/h5,14H,1,6-8H2,2-4H3,(H,11,13). The van der Waals surface area contributed by atoms with Crippen molar-refractivity contribution in [2.45, 2.75) is 12.5 Å². The van der Waals surface area contributed by atoms with Gasteiger partial charge in [-0.1, -0.05) is 12.7 Å². The van der Waals surface area contributed by atoms with Gasteiger partial charge in [0.05, 0.1) is 12.1 Å². The molecular weight excluding hydrogens is 196 g/mol. The molecule has 0 saturated heterocycles. The van der Waals surface area contributed by atoms with Crippen LogP contribution in [0.1, 0.15) is 6.92 Å². The summed E-state index contributed by atoms with van der Waals surface area (Å²) < 4.78 is 4.70. The average molecular weight is 216 g/mol. The maximum atomic E-state index is 11.0. The highest BCUT2D eigenvalue weighted by molar-refractivity contribution is 5.67. The maximum absolute atomic E-state index is 11.0. The van der Waals surface area contributed by atoms with E-state index in [4.69, 9.17) is 4.74 Å². The molecule has 0 aliphatic carbocycles. The summed E-state index contributed by atoms with van der Waals surface area (Å²) in [5.74, 6) is 0. The minimum Gasteiger partial charge on any atom is -0.445 e. The van der Waals surface area contributed by atoms with E-state index in [1.165, 1.54) is 6.08 Å². The van der Waals surface area contributed by atoms with Crippen LogP contribution >= 0.6 is 0 Å². The Morgan fingerprint density at radius 2 is 2.27 bits per heavy atom. The quantitative estimate of drug-likeness (QED) is 0.623. The van der Waals surface area contributed by atoms with Crippen molar-refractivity contribution >= 4 is 6.09 Å². The predicted molar refractivity (Wildman–Crippen MR) is 58.7 cm³/mol. The van der Waals surface area contributed by atoms with Crippen LogP contribution in [0.3, 0.4) is 0 Å². The molecule has 0 aliphatic rings. The minimum absolute atomic E-state index is 0.154. The fourth-order valence-electron chi connectivity index (χ4n) is 1.19. The number of amides is 1. The second-order valence-electron chi connectivity index (χ2n) is 3.98. The van der Waals surface area contributed by atoms with Crippen LogP contribution in [0, 0.1) is 0 Å². The van der Waals surface area contributed by atoms with Crippen LogP contribution < -0.4 is 5.32 Å². The van der Waals surface area contributed by atoms with Gasteiger partial charge in [0.15, 0.2) is 0 Å². The van der Waals surface area contributed by atoms with Crippen LogP contribution in [0.2, 0.25) is 0 Å². The molecule has 0 rings (SSSR count). The van der Waals surface area contributed by atoms with Gasteiger partial charge < -0.3 is 20.1 Å². The number of hydrogen-bond donors (Lipinski definition) is 2. The molecule has 0 aromatic carbocycles. The van der Waals surface area contributed by atoms with E-state index < -0.39 is 11.7 Å². The SMILES string of the molecule is C=CCOC(=O)NCC(C)(O)CN(C)C. The van der Waals surface area contributed by atoms with Crippen LogP contribution in [-0.4, -0.2) is 55.5 Å². The molecule has 1 amide bonds. The van der Waals surface area contributed by atoms with E-state index in [1.807, 2.05) is 19.0 Å². The van der Waals surface area contributed by atoms with Crippen molar-refractivity contribution < 1.29 is 14.6 Å². The number of likely N-dealkylation sites (N-methyl/N-ethyl adjacent to an activating group) is 1. The summed E-state index contributed by atoms with van der Waals surface area (Å²) >= 11 is 0. The summed E-state index contributed by atoms with van der Waals surface area (Å²) in [6, 6.07) is 0. The third-order valence-electron chi connectivity index (χ3n) is 1.60. The third kappa shape index (κ3) is 7.96. The average Bonchev–Trinajstić information content (AvgIpc) is 2.09. The number of carbonyl (C=O) groups excluding carboxylic acids is 1. The van der Waals surface area contributed by atoms with Crippen molar-refractivity contribution in [2.24, 2.45) is 0 Å². The van der Waals surface area contributed by atoms with Crippen molar-refractivity contribution in [3.8, 4) is 0 Å². The van der Waals surface area contributed by atoms with Gasteiger partial charge in [-0.25, -0.2) is 4.79 Å². The van der Waals surface area contributed by atoms with Crippen molar-refractivity contribution in [1.29, 1.82) is 0 Å². The zero-order chi connectivity index (χ0) is 11.9. The predicted octanol–water partition coefficient (Wildman–Crippen LogP) is 0.211. The normalized spacial score (nSPS) is 14.5. The topological polar surface area (TPSA) is 61.8 Å². The van der Waals surface area contributed by atoms with Crippen molar-refractivity contribution in [2.75, 3.05) is 33.8 Å². The molecule has 1 atom stereocenters. The second kappa shape index (κ2) is 6.42. The number of carbonyl (C=O) groups is 1.